The highest BCUT2D eigenvalue weighted by Crippen LogP contribution is 2.23. The van der Waals surface area contributed by atoms with Crippen molar-refractivity contribution in [2.75, 3.05) is 5.32 Å². The predicted molar refractivity (Wildman–Crippen MR) is 94.1 cm³/mol. The third-order valence-electron chi connectivity index (χ3n) is 2.41. The Hall–Kier alpha value is -0.690. The maximum atomic E-state index is 5.84. The molecule has 1 aromatic carbocycles. The Kier molecular flexibility index (Phi) is 5.77. The minimum atomic E-state index is 0.510. The average molecular weight is 436 g/mol. The van der Waals surface area contributed by atoms with E-state index in [0.29, 0.717) is 17.5 Å². The van der Waals surface area contributed by atoms with Crippen LogP contribution >= 0.6 is 55.7 Å². The van der Waals surface area contributed by atoms with Crippen LogP contribution in [0.25, 0.3) is 0 Å². The van der Waals surface area contributed by atoms with Crippen LogP contribution in [0.1, 0.15) is 5.56 Å². The van der Waals surface area contributed by atoms with Crippen LogP contribution in [0.5, 0.6) is 0 Å². The number of rotatable bonds is 3. The minimum absolute atomic E-state index is 0.510. The third kappa shape index (κ3) is 4.70. The number of anilines is 1. The van der Waals surface area contributed by atoms with Gasteiger partial charge in [0, 0.05) is 22.2 Å². The third-order valence-corrected chi connectivity index (χ3v) is 3.94. The summed E-state index contributed by atoms with van der Waals surface area (Å²) < 4.78 is 1.73. The summed E-state index contributed by atoms with van der Waals surface area (Å²) in [5.74, 6) is 0.668. The average Bonchev–Trinajstić information content (AvgIpc) is 2.41. The molecule has 0 bridgehead atoms. The van der Waals surface area contributed by atoms with Gasteiger partial charge in [0.05, 0.1) is 4.47 Å². The zero-order chi connectivity index (χ0) is 14.5. The molecule has 1 aromatic heterocycles. The number of pyridine rings is 1. The molecule has 0 amide bonds. The van der Waals surface area contributed by atoms with E-state index in [1.807, 2.05) is 30.3 Å². The van der Waals surface area contributed by atoms with Crippen LogP contribution in [0.3, 0.4) is 0 Å². The van der Waals surface area contributed by atoms with E-state index in [2.05, 4.69) is 47.5 Å². The number of thiocarbonyl (C=S) groups is 1. The zero-order valence-corrected chi connectivity index (χ0v) is 14.9. The van der Waals surface area contributed by atoms with Gasteiger partial charge in [0.25, 0.3) is 0 Å². The number of halogens is 3. The first-order chi connectivity index (χ1) is 9.54. The Bertz CT molecular complexity index is 620. The second-order valence-electron chi connectivity index (χ2n) is 3.92. The fraction of sp³-hybridized carbons (Fsp3) is 0.0769. The van der Waals surface area contributed by atoms with Gasteiger partial charge < -0.3 is 10.6 Å². The fourth-order valence-electron chi connectivity index (χ4n) is 1.44. The summed E-state index contributed by atoms with van der Waals surface area (Å²) in [6.45, 7) is 0.622. The molecule has 0 saturated carbocycles. The SMILES string of the molecule is S=C(NCc1ccc(Cl)cc1)Nc1ncc(Br)cc1Br. The summed E-state index contributed by atoms with van der Waals surface area (Å²) in [6, 6.07) is 9.50. The van der Waals surface area contributed by atoms with E-state index in [1.165, 1.54) is 0 Å². The smallest absolute Gasteiger partial charge is 0.172 e. The van der Waals surface area contributed by atoms with E-state index in [1.54, 1.807) is 6.20 Å². The van der Waals surface area contributed by atoms with Gasteiger partial charge in [0.1, 0.15) is 5.82 Å². The lowest BCUT2D eigenvalue weighted by Gasteiger charge is -2.11. The highest BCUT2D eigenvalue weighted by atomic mass is 79.9. The molecule has 0 aliphatic carbocycles. The van der Waals surface area contributed by atoms with Gasteiger partial charge in [0.15, 0.2) is 5.11 Å². The van der Waals surface area contributed by atoms with E-state index >= 15 is 0 Å². The molecule has 2 N–H and O–H groups in total. The molecule has 20 heavy (non-hydrogen) atoms. The quantitative estimate of drug-likeness (QED) is 0.683. The maximum Gasteiger partial charge on any atom is 0.172 e. The molecule has 2 aromatic rings. The van der Waals surface area contributed by atoms with Crippen molar-refractivity contribution in [3.63, 3.8) is 0 Å². The molecule has 7 heteroatoms. The molecule has 1 heterocycles. The van der Waals surface area contributed by atoms with Crippen LogP contribution in [-0.4, -0.2) is 10.1 Å². The molecule has 0 radical (unpaired) electrons. The Morgan fingerprint density at radius 3 is 2.60 bits per heavy atom. The maximum absolute atomic E-state index is 5.84. The van der Waals surface area contributed by atoms with Crippen molar-refractivity contribution in [3.8, 4) is 0 Å². The first kappa shape index (κ1) is 15.7. The zero-order valence-electron chi connectivity index (χ0n) is 10.2. The molecule has 0 saturated heterocycles. The van der Waals surface area contributed by atoms with Crippen LogP contribution in [0.15, 0.2) is 45.5 Å². The first-order valence-corrected chi connectivity index (χ1v) is 8.02. The van der Waals surface area contributed by atoms with Gasteiger partial charge in [-0.05, 0) is 67.8 Å². The van der Waals surface area contributed by atoms with Gasteiger partial charge in [0.2, 0.25) is 0 Å². The molecule has 0 aliphatic heterocycles. The standard InChI is InChI=1S/C13H10Br2ClN3S/c14-9-5-11(15)12(17-7-9)19-13(20)18-6-8-1-3-10(16)4-2-8/h1-5,7H,6H2,(H2,17,18,19,20). The van der Waals surface area contributed by atoms with E-state index in [4.69, 9.17) is 23.8 Å². The number of aromatic nitrogens is 1. The summed E-state index contributed by atoms with van der Waals surface area (Å²) in [6.07, 6.45) is 1.70. The Morgan fingerprint density at radius 1 is 1.25 bits per heavy atom. The van der Waals surface area contributed by atoms with Gasteiger partial charge in [-0.15, -0.1) is 0 Å². The van der Waals surface area contributed by atoms with Crippen LogP contribution in [0.4, 0.5) is 5.82 Å². The van der Waals surface area contributed by atoms with Crippen molar-refractivity contribution in [1.29, 1.82) is 0 Å². The lowest BCUT2D eigenvalue weighted by molar-refractivity contribution is 0.925. The summed E-state index contributed by atoms with van der Waals surface area (Å²) in [4.78, 5) is 4.23. The number of benzene rings is 1. The van der Waals surface area contributed by atoms with Crippen molar-refractivity contribution in [1.82, 2.24) is 10.3 Å². The van der Waals surface area contributed by atoms with E-state index < -0.39 is 0 Å². The second-order valence-corrected chi connectivity index (χ2v) is 6.53. The molecule has 0 unspecified atom stereocenters. The lowest BCUT2D eigenvalue weighted by atomic mass is 10.2. The highest BCUT2D eigenvalue weighted by molar-refractivity contribution is 9.11. The fourth-order valence-corrected chi connectivity index (χ4v) is 2.82. The van der Waals surface area contributed by atoms with Crippen LogP contribution in [0.2, 0.25) is 5.02 Å². The molecule has 3 nitrogen and oxygen atoms in total. The van der Waals surface area contributed by atoms with Crippen molar-refractivity contribution in [3.05, 3.63) is 56.1 Å². The number of nitrogens with one attached hydrogen (secondary N) is 2. The van der Waals surface area contributed by atoms with Crippen LogP contribution < -0.4 is 10.6 Å². The van der Waals surface area contributed by atoms with Gasteiger partial charge >= 0.3 is 0 Å². The Balaban J connectivity index is 1.90. The Morgan fingerprint density at radius 2 is 1.95 bits per heavy atom. The van der Waals surface area contributed by atoms with Crippen molar-refractivity contribution in [2.24, 2.45) is 0 Å². The van der Waals surface area contributed by atoms with Crippen molar-refractivity contribution < 1.29 is 0 Å². The topological polar surface area (TPSA) is 37.0 Å². The normalized spacial score (nSPS) is 10.2. The molecule has 104 valence electrons. The molecule has 0 fully saturated rings. The number of hydrogen-bond acceptors (Lipinski definition) is 2. The van der Waals surface area contributed by atoms with E-state index in [-0.39, 0.29) is 0 Å². The van der Waals surface area contributed by atoms with Gasteiger partial charge in [-0.2, -0.15) is 0 Å². The van der Waals surface area contributed by atoms with Gasteiger partial charge in [-0.1, -0.05) is 23.7 Å². The number of hydrogen-bond donors (Lipinski definition) is 2. The van der Waals surface area contributed by atoms with Gasteiger partial charge in [-0.3, -0.25) is 0 Å². The predicted octanol–water partition coefficient (Wildman–Crippen LogP) is 4.75. The van der Waals surface area contributed by atoms with E-state index in [9.17, 15) is 0 Å². The largest absolute Gasteiger partial charge is 0.358 e. The minimum Gasteiger partial charge on any atom is -0.358 e. The summed E-state index contributed by atoms with van der Waals surface area (Å²) in [5, 5.41) is 7.38. The molecule has 2 rings (SSSR count). The molecule has 0 atom stereocenters. The van der Waals surface area contributed by atoms with Crippen LogP contribution in [0, 0.1) is 0 Å². The van der Waals surface area contributed by atoms with Gasteiger partial charge in [-0.25, -0.2) is 4.98 Å². The number of nitrogens with zero attached hydrogens (tertiary/aromatic N) is 1. The molecule has 0 aliphatic rings. The summed E-state index contributed by atoms with van der Waals surface area (Å²) in [7, 11) is 0. The first-order valence-electron chi connectivity index (χ1n) is 5.65. The Labute approximate surface area is 144 Å². The highest BCUT2D eigenvalue weighted by Gasteiger charge is 2.04. The lowest BCUT2D eigenvalue weighted by Crippen LogP contribution is -2.28. The monoisotopic (exact) mass is 433 g/mol. The summed E-state index contributed by atoms with van der Waals surface area (Å²) >= 11 is 17.8. The molecule has 0 spiro atoms. The van der Waals surface area contributed by atoms with Crippen molar-refractivity contribution in [2.45, 2.75) is 6.54 Å². The molecular weight excluding hydrogens is 425 g/mol. The second kappa shape index (κ2) is 7.36. The molecular formula is C13H10Br2ClN3S. The van der Waals surface area contributed by atoms with E-state index in [0.717, 1.165) is 19.5 Å². The van der Waals surface area contributed by atoms with Crippen molar-refractivity contribution >= 4 is 66.6 Å². The summed E-state index contributed by atoms with van der Waals surface area (Å²) in [5.41, 5.74) is 1.10. The van der Waals surface area contributed by atoms with Crippen LogP contribution in [-0.2, 0) is 6.54 Å².